The second-order valence-corrected chi connectivity index (χ2v) is 4.85. The predicted molar refractivity (Wildman–Crippen MR) is 64.2 cm³/mol. The van der Waals surface area contributed by atoms with Crippen molar-refractivity contribution in [3.05, 3.63) is 34.6 Å². The van der Waals surface area contributed by atoms with Crippen molar-refractivity contribution in [3.8, 4) is 0 Å². The monoisotopic (exact) mass is 308 g/mol. The lowest BCUT2D eigenvalue weighted by Crippen LogP contribution is -2.36. The number of carbonyl (C=O) groups excluding carboxylic acids is 1. The Morgan fingerprint density at radius 1 is 0.952 bits per heavy atom. The molecule has 21 heavy (non-hydrogen) atoms. The average molecular weight is 308 g/mol. The zero-order valence-corrected chi connectivity index (χ0v) is 10.9. The molecule has 0 aliphatic carbocycles. The van der Waals surface area contributed by atoms with Crippen molar-refractivity contribution in [2.45, 2.75) is 12.8 Å². The van der Waals surface area contributed by atoms with Gasteiger partial charge in [0.2, 0.25) is 5.82 Å². The van der Waals surface area contributed by atoms with E-state index in [0.29, 0.717) is 0 Å². The van der Waals surface area contributed by atoms with E-state index in [9.17, 15) is 26.7 Å². The van der Waals surface area contributed by atoms with Crippen LogP contribution < -0.4 is 10.6 Å². The van der Waals surface area contributed by atoms with Gasteiger partial charge in [0.25, 0.3) is 5.91 Å². The zero-order valence-electron chi connectivity index (χ0n) is 10.9. The summed E-state index contributed by atoms with van der Waals surface area (Å²) in [5, 5.41) is 5.32. The second-order valence-electron chi connectivity index (χ2n) is 4.85. The van der Waals surface area contributed by atoms with Crippen LogP contribution in [0.5, 0.6) is 0 Å². The van der Waals surface area contributed by atoms with Crippen LogP contribution in [0.15, 0.2) is 0 Å². The molecule has 1 heterocycles. The van der Waals surface area contributed by atoms with E-state index >= 15 is 0 Å². The van der Waals surface area contributed by atoms with Gasteiger partial charge >= 0.3 is 0 Å². The molecule has 1 saturated heterocycles. The molecule has 0 saturated carbocycles. The minimum Gasteiger partial charge on any atom is -0.352 e. The summed E-state index contributed by atoms with van der Waals surface area (Å²) in [4.78, 5) is 11.7. The first-order chi connectivity index (χ1) is 9.93. The van der Waals surface area contributed by atoms with Crippen LogP contribution in [0, 0.1) is 35.0 Å². The van der Waals surface area contributed by atoms with Crippen LogP contribution in [0.25, 0.3) is 0 Å². The number of benzene rings is 1. The Hall–Kier alpha value is -1.70. The van der Waals surface area contributed by atoms with Crippen LogP contribution in [0.1, 0.15) is 23.2 Å². The Bertz CT molecular complexity index is 529. The van der Waals surface area contributed by atoms with E-state index in [1.165, 1.54) is 0 Å². The summed E-state index contributed by atoms with van der Waals surface area (Å²) < 4.78 is 65.7. The Morgan fingerprint density at radius 3 is 1.95 bits per heavy atom. The van der Waals surface area contributed by atoms with Gasteiger partial charge in [-0.25, -0.2) is 22.0 Å². The van der Waals surface area contributed by atoms with Crippen LogP contribution in [-0.2, 0) is 0 Å². The first kappa shape index (κ1) is 15.7. The fourth-order valence-corrected chi connectivity index (χ4v) is 2.22. The average Bonchev–Trinajstić information content (AvgIpc) is 2.50. The van der Waals surface area contributed by atoms with Crippen LogP contribution in [-0.4, -0.2) is 25.5 Å². The highest BCUT2D eigenvalue weighted by Gasteiger charge is 2.29. The maximum Gasteiger partial charge on any atom is 0.257 e. The topological polar surface area (TPSA) is 41.1 Å². The highest BCUT2D eigenvalue weighted by molar-refractivity contribution is 5.94. The number of halogens is 5. The first-order valence-corrected chi connectivity index (χ1v) is 6.43. The third-order valence-electron chi connectivity index (χ3n) is 3.45. The van der Waals surface area contributed by atoms with E-state index in [4.69, 9.17) is 0 Å². The molecular weight excluding hydrogens is 295 g/mol. The van der Waals surface area contributed by atoms with Gasteiger partial charge in [0.1, 0.15) is 5.56 Å². The van der Waals surface area contributed by atoms with Crippen molar-refractivity contribution >= 4 is 5.91 Å². The van der Waals surface area contributed by atoms with Gasteiger partial charge in [-0.3, -0.25) is 4.79 Å². The molecule has 1 aromatic rings. The summed E-state index contributed by atoms with van der Waals surface area (Å²) in [6.45, 7) is 1.63. The lowest BCUT2D eigenvalue weighted by Gasteiger charge is -2.22. The minimum absolute atomic E-state index is 0.108. The van der Waals surface area contributed by atoms with Gasteiger partial charge in [-0.15, -0.1) is 0 Å². The normalized spacial score (nSPS) is 16.0. The highest BCUT2D eigenvalue weighted by atomic mass is 19.2. The summed E-state index contributed by atoms with van der Waals surface area (Å²) in [6.07, 6.45) is 1.52. The molecule has 0 aromatic heterocycles. The molecule has 1 fully saturated rings. The van der Waals surface area contributed by atoms with Crippen molar-refractivity contribution in [3.63, 3.8) is 0 Å². The van der Waals surface area contributed by atoms with Gasteiger partial charge in [-0.05, 0) is 31.8 Å². The molecule has 0 radical (unpaired) electrons. The number of amides is 1. The quantitative estimate of drug-likeness (QED) is 0.510. The second kappa shape index (κ2) is 6.38. The number of hydrogen-bond acceptors (Lipinski definition) is 2. The van der Waals surface area contributed by atoms with E-state index < -0.39 is 40.6 Å². The summed E-state index contributed by atoms with van der Waals surface area (Å²) >= 11 is 0. The van der Waals surface area contributed by atoms with E-state index in [0.717, 1.165) is 25.9 Å². The molecular formula is C13H13F5N2O. The van der Waals surface area contributed by atoms with Gasteiger partial charge in [0.05, 0.1) is 0 Å². The standard InChI is InChI=1S/C13H13F5N2O/c14-8-7(9(15)11(17)12(18)10(8)16)13(21)20-5-6-1-3-19-4-2-6/h6,19H,1-5H2,(H,20,21). The number of piperidine rings is 1. The number of hydrogen-bond donors (Lipinski definition) is 2. The van der Waals surface area contributed by atoms with Gasteiger partial charge < -0.3 is 10.6 Å². The van der Waals surface area contributed by atoms with Gasteiger partial charge in [0.15, 0.2) is 23.3 Å². The SMILES string of the molecule is O=C(NCC1CCNCC1)c1c(F)c(F)c(F)c(F)c1F. The Labute approximate surface area is 117 Å². The van der Waals surface area contributed by atoms with Crippen molar-refractivity contribution in [2.75, 3.05) is 19.6 Å². The molecule has 1 aliphatic rings. The van der Waals surface area contributed by atoms with Crippen LogP contribution in [0.2, 0.25) is 0 Å². The molecule has 8 heteroatoms. The third kappa shape index (κ3) is 3.15. The Balaban J connectivity index is 2.15. The fourth-order valence-electron chi connectivity index (χ4n) is 2.22. The van der Waals surface area contributed by atoms with Gasteiger partial charge in [0, 0.05) is 6.54 Å². The summed E-state index contributed by atoms with van der Waals surface area (Å²) in [6, 6.07) is 0. The molecule has 1 aromatic carbocycles. The van der Waals surface area contributed by atoms with Gasteiger partial charge in [-0.2, -0.15) is 0 Å². The van der Waals surface area contributed by atoms with Gasteiger partial charge in [-0.1, -0.05) is 0 Å². The van der Waals surface area contributed by atoms with E-state index in [1.807, 2.05) is 0 Å². The van der Waals surface area contributed by atoms with Crippen LogP contribution >= 0.6 is 0 Å². The molecule has 0 atom stereocenters. The lowest BCUT2D eigenvalue weighted by molar-refractivity contribution is 0.0932. The van der Waals surface area contributed by atoms with Crippen LogP contribution in [0.4, 0.5) is 22.0 Å². The molecule has 2 rings (SSSR count). The number of carbonyl (C=O) groups is 1. The van der Waals surface area contributed by atoms with E-state index in [1.54, 1.807) is 0 Å². The third-order valence-corrected chi connectivity index (χ3v) is 3.45. The number of rotatable bonds is 3. The molecule has 0 spiro atoms. The van der Waals surface area contributed by atoms with Crippen molar-refractivity contribution < 1.29 is 26.7 Å². The smallest absolute Gasteiger partial charge is 0.257 e. The minimum atomic E-state index is -2.28. The maximum absolute atomic E-state index is 13.4. The van der Waals surface area contributed by atoms with E-state index in [-0.39, 0.29) is 12.5 Å². The molecule has 1 amide bonds. The predicted octanol–water partition coefficient (Wildman–Crippen LogP) is 2.11. The Kier molecular flexibility index (Phi) is 4.76. The molecule has 1 aliphatic heterocycles. The molecule has 0 bridgehead atoms. The van der Waals surface area contributed by atoms with E-state index in [2.05, 4.69) is 10.6 Å². The summed E-state index contributed by atoms with van der Waals surface area (Å²) in [5.41, 5.74) is -1.44. The molecule has 116 valence electrons. The first-order valence-electron chi connectivity index (χ1n) is 6.43. The molecule has 2 N–H and O–H groups in total. The zero-order chi connectivity index (χ0) is 15.6. The van der Waals surface area contributed by atoms with Crippen LogP contribution in [0.3, 0.4) is 0 Å². The summed E-state index contributed by atoms with van der Waals surface area (Å²) in [7, 11) is 0. The lowest BCUT2D eigenvalue weighted by atomic mass is 9.98. The highest BCUT2D eigenvalue weighted by Crippen LogP contribution is 2.23. The van der Waals surface area contributed by atoms with Crippen molar-refractivity contribution in [1.82, 2.24) is 10.6 Å². The Morgan fingerprint density at radius 2 is 1.43 bits per heavy atom. The van der Waals surface area contributed by atoms with Crippen molar-refractivity contribution in [2.24, 2.45) is 5.92 Å². The number of nitrogens with one attached hydrogen (secondary N) is 2. The fraction of sp³-hybridized carbons (Fsp3) is 0.462. The molecule has 3 nitrogen and oxygen atoms in total. The molecule has 0 unspecified atom stereocenters. The summed E-state index contributed by atoms with van der Waals surface area (Å²) in [5.74, 6) is -12.0. The maximum atomic E-state index is 13.4. The largest absolute Gasteiger partial charge is 0.352 e. The van der Waals surface area contributed by atoms with Crippen molar-refractivity contribution in [1.29, 1.82) is 0 Å².